The van der Waals surface area contributed by atoms with Gasteiger partial charge in [0.25, 0.3) is 5.69 Å². The van der Waals surface area contributed by atoms with Crippen LogP contribution in [0.2, 0.25) is 0 Å². The molecule has 0 saturated heterocycles. The molecule has 0 N–H and O–H groups in total. The van der Waals surface area contributed by atoms with E-state index in [1.807, 2.05) is 0 Å². The van der Waals surface area contributed by atoms with Crippen molar-refractivity contribution in [2.45, 2.75) is 0 Å². The lowest BCUT2D eigenvalue weighted by molar-refractivity contribution is -0.384. The fraction of sp³-hybridized carbons (Fsp3) is 0. The van der Waals surface area contributed by atoms with Gasteiger partial charge in [-0.2, -0.15) is 13.8 Å². The summed E-state index contributed by atoms with van der Waals surface area (Å²) in [7, 11) is 0. The molecule has 2 heterocycles. The highest BCUT2D eigenvalue weighted by Gasteiger charge is 2.17. The lowest BCUT2D eigenvalue weighted by atomic mass is 9.99. The van der Waals surface area contributed by atoms with Gasteiger partial charge in [0.15, 0.2) is 0 Å². The number of nitro benzene ring substituents is 1. The molecule has 0 spiro atoms. The molecule has 2 aromatic heterocycles. The molecular weight excluding hydrogens is 304 g/mol. The third-order valence-electron chi connectivity index (χ3n) is 3.28. The Morgan fingerprint density at radius 1 is 0.870 bits per heavy atom. The minimum Gasteiger partial charge on any atom is -0.265 e. The van der Waals surface area contributed by atoms with Crippen molar-refractivity contribution >= 4 is 5.69 Å². The zero-order chi connectivity index (χ0) is 16.4. The van der Waals surface area contributed by atoms with Crippen molar-refractivity contribution in [3.8, 4) is 22.3 Å². The number of aromatic nitrogens is 2. The largest absolute Gasteiger partial charge is 0.277 e. The normalized spacial score (nSPS) is 10.5. The Morgan fingerprint density at radius 3 is 2.13 bits per heavy atom. The van der Waals surface area contributed by atoms with Crippen molar-refractivity contribution in [1.82, 2.24) is 9.97 Å². The summed E-state index contributed by atoms with van der Waals surface area (Å²) in [6.45, 7) is 0. The molecule has 0 aliphatic rings. The maximum Gasteiger partial charge on any atom is 0.277 e. The summed E-state index contributed by atoms with van der Waals surface area (Å²) in [4.78, 5) is 17.7. The van der Waals surface area contributed by atoms with Crippen molar-refractivity contribution in [2.24, 2.45) is 0 Å². The van der Waals surface area contributed by atoms with Crippen LogP contribution >= 0.6 is 0 Å². The van der Waals surface area contributed by atoms with Crippen LogP contribution in [0.3, 0.4) is 0 Å². The molecule has 23 heavy (non-hydrogen) atoms. The fourth-order valence-electron chi connectivity index (χ4n) is 2.27. The quantitative estimate of drug-likeness (QED) is 0.416. The Bertz CT molecular complexity index is 865. The summed E-state index contributed by atoms with van der Waals surface area (Å²) in [5, 5.41) is 11.3. The molecule has 5 nitrogen and oxygen atoms in total. The Morgan fingerprint density at radius 2 is 1.52 bits per heavy atom. The molecule has 0 saturated carbocycles. The van der Waals surface area contributed by atoms with Crippen LogP contribution < -0.4 is 0 Å². The molecule has 0 bridgehead atoms. The minimum absolute atomic E-state index is 0.161. The number of hydrogen-bond acceptors (Lipinski definition) is 4. The van der Waals surface area contributed by atoms with Crippen molar-refractivity contribution in [1.29, 1.82) is 0 Å². The average Bonchev–Trinajstić information content (AvgIpc) is 2.54. The molecule has 7 heteroatoms. The first-order chi connectivity index (χ1) is 11.0. The summed E-state index contributed by atoms with van der Waals surface area (Å²) in [5.74, 6) is -1.97. The molecule has 1 aromatic carbocycles. The van der Waals surface area contributed by atoms with Crippen LogP contribution in [-0.2, 0) is 0 Å². The Balaban J connectivity index is 2.15. The Kier molecular flexibility index (Phi) is 3.76. The highest BCUT2D eigenvalue weighted by Crippen LogP contribution is 2.33. The standard InChI is InChI=1S/C16H9F2N3O2/c17-15-8-12(9-16(18)20-15)11-1-2-13(14(7-11)21(22)23)10-3-5-19-6-4-10/h1-9H. The van der Waals surface area contributed by atoms with E-state index in [1.54, 1.807) is 24.3 Å². The van der Waals surface area contributed by atoms with Gasteiger partial charge in [0.05, 0.1) is 10.5 Å². The molecular formula is C16H9F2N3O2. The second-order valence-electron chi connectivity index (χ2n) is 4.73. The van der Waals surface area contributed by atoms with Crippen LogP contribution in [-0.4, -0.2) is 14.9 Å². The summed E-state index contributed by atoms with van der Waals surface area (Å²) < 4.78 is 26.5. The number of rotatable bonds is 3. The molecule has 0 aliphatic carbocycles. The van der Waals surface area contributed by atoms with Crippen LogP contribution in [0.15, 0.2) is 54.9 Å². The van der Waals surface area contributed by atoms with Gasteiger partial charge in [-0.1, -0.05) is 6.07 Å². The molecule has 0 atom stereocenters. The maximum absolute atomic E-state index is 13.2. The summed E-state index contributed by atoms with van der Waals surface area (Å²) in [6.07, 6.45) is 3.06. The minimum atomic E-state index is -0.985. The second-order valence-corrected chi connectivity index (χ2v) is 4.73. The second kappa shape index (κ2) is 5.88. The molecule has 0 fully saturated rings. The summed E-state index contributed by atoms with van der Waals surface area (Å²) >= 11 is 0. The predicted molar refractivity (Wildman–Crippen MR) is 79.5 cm³/mol. The molecule has 3 rings (SSSR count). The highest BCUT2D eigenvalue weighted by atomic mass is 19.1. The van der Waals surface area contributed by atoms with E-state index in [4.69, 9.17) is 0 Å². The molecule has 0 radical (unpaired) electrons. The van der Waals surface area contributed by atoms with E-state index in [9.17, 15) is 18.9 Å². The zero-order valence-corrected chi connectivity index (χ0v) is 11.6. The third kappa shape index (κ3) is 3.03. The van der Waals surface area contributed by atoms with E-state index in [2.05, 4.69) is 9.97 Å². The number of nitrogens with zero attached hydrogens (tertiary/aromatic N) is 3. The number of benzene rings is 1. The maximum atomic E-state index is 13.2. The molecule has 0 unspecified atom stereocenters. The summed E-state index contributed by atoms with van der Waals surface area (Å²) in [5.41, 5.74) is 1.38. The SMILES string of the molecule is O=[N+]([O-])c1cc(-c2cc(F)nc(F)c2)ccc1-c1ccncc1. The van der Waals surface area contributed by atoms with E-state index >= 15 is 0 Å². The van der Waals surface area contributed by atoms with Gasteiger partial charge < -0.3 is 0 Å². The third-order valence-corrected chi connectivity index (χ3v) is 3.28. The van der Waals surface area contributed by atoms with Gasteiger partial charge in [-0.15, -0.1) is 0 Å². The van der Waals surface area contributed by atoms with Crippen molar-refractivity contribution in [3.05, 3.63) is 76.9 Å². The van der Waals surface area contributed by atoms with E-state index in [-0.39, 0.29) is 11.3 Å². The van der Waals surface area contributed by atoms with Gasteiger partial charge in [-0.25, -0.2) is 0 Å². The lowest BCUT2D eigenvalue weighted by Crippen LogP contribution is -1.94. The van der Waals surface area contributed by atoms with Gasteiger partial charge >= 0.3 is 0 Å². The lowest BCUT2D eigenvalue weighted by Gasteiger charge is -2.07. The van der Waals surface area contributed by atoms with Crippen molar-refractivity contribution in [2.75, 3.05) is 0 Å². The van der Waals surface area contributed by atoms with E-state index in [0.29, 0.717) is 16.7 Å². The van der Waals surface area contributed by atoms with Gasteiger partial charge in [0.2, 0.25) is 11.9 Å². The topological polar surface area (TPSA) is 68.9 Å². The Hall–Kier alpha value is -3.22. The monoisotopic (exact) mass is 313 g/mol. The number of pyridine rings is 2. The van der Waals surface area contributed by atoms with Crippen LogP contribution in [0.4, 0.5) is 14.5 Å². The number of nitro groups is 1. The summed E-state index contributed by atoms with van der Waals surface area (Å²) in [6, 6.07) is 9.73. The van der Waals surface area contributed by atoms with Gasteiger partial charge in [-0.3, -0.25) is 15.1 Å². The van der Waals surface area contributed by atoms with Crippen molar-refractivity contribution in [3.63, 3.8) is 0 Å². The van der Waals surface area contributed by atoms with E-state index in [0.717, 1.165) is 12.1 Å². The van der Waals surface area contributed by atoms with Crippen LogP contribution in [0.5, 0.6) is 0 Å². The fourth-order valence-corrected chi connectivity index (χ4v) is 2.27. The highest BCUT2D eigenvalue weighted by molar-refractivity contribution is 5.78. The molecule has 0 aliphatic heterocycles. The van der Waals surface area contributed by atoms with Gasteiger partial charge in [-0.05, 0) is 34.9 Å². The van der Waals surface area contributed by atoms with Gasteiger partial charge in [0, 0.05) is 30.6 Å². The Labute approximate surface area is 129 Å². The molecule has 114 valence electrons. The first kappa shape index (κ1) is 14.7. The number of hydrogen-bond donors (Lipinski definition) is 0. The van der Waals surface area contributed by atoms with Crippen LogP contribution in [0, 0.1) is 22.0 Å². The molecule has 0 amide bonds. The average molecular weight is 313 g/mol. The molecule has 3 aromatic rings. The van der Waals surface area contributed by atoms with Crippen LogP contribution in [0.25, 0.3) is 22.3 Å². The van der Waals surface area contributed by atoms with E-state index < -0.39 is 16.8 Å². The predicted octanol–water partition coefficient (Wildman–Crippen LogP) is 4.00. The zero-order valence-electron chi connectivity index (χ0n) is 11.6. The van der Waals surface area contributed by atoms with E-state index in [1.165, 1.54) is 18.5 Å². The smallest absolute Gasteiger partial charge is 0.265 e. The first-order valence-electron chi connectivity index (χ1n) is 6.57. The first-order valence-corrected chi connectivity index (χ1v) is 6.57. The van der Waals surface area contributed by atoms with Gasteiger partial charge in [0.1, 0.15) is 0 Å². The number of halogens is 2. The van der Waals surface area contributed by atoms with Crippen molar-refractivity contribution < 1.29 is 13.7 Å². The van der Waals surface area contributed by atoms with Crippen LogP contribution in [0.1, 0.15) is 0 Å².